The van der Waals surface area contributed by atoms with Crippen molar-refractivity contribution in [1.82, 2.24) is 14.9 Å². The second-order valence-corrected chi connectivity index (χ2v) is 3.62. The molecule has 78 valence electrons. The van der Waals surface area contributed by atoms with Crippen molar-refractivity contribution >= 4 is 0 Å². The lowest BCUT2D eigenvalue weighted by Crippen LogP contribution is -2.12. The molecule has 0 bridgehead atoms. The van der Waals surface area contributed by atoms with Crippen LogP contribution in [0.3, 0.4) is 0 Å². The van der Waals surface area contributed by atoms with E-state index in [-0.39, 0.29) is 0 Å². The molecule has 0 unspecified atom stereocenters. The molecule has 0 atom stereocenters. The number of aryl methyl sites for hydroxylation is 1. The van der Waals surface area contributed by atoms with Gasteiger partial charge in [0.25, 0.3) is 0 Å². The molecule has 15 heavy (non-hydrogen) atoms. The maximum Gasteiger partial charge on any atom is 0.0947 e. The summed E-state index contributed by atoms with van der Waals surface area (Å²) in [7, 11) is 1.98. The summed E-state index contributed by atoms with van der Waals surface area (Å²) in [5.74, 6) is 0. The van der Waals surface area contributed by atoms with Gasteiger partial charge in [-0.1, -0.05) is 30.3 Å². The van der Waals surface area contributed by atoms with Crippen molar-refractivity contribution in [3.05, 3.63) is 54.1 Å². The van der Waals surface area contributed by atoms with Crippen molar-refractivity contribution in [2.75, 3.05) is 0 Å². The Morgan fingerprint density at radius 2 is 2.00 bits per heavy atom. The van der Waals surface area contributed by atoms with E-state index in [0.29, 0.717) is 0 Å². The zero-order valence-electron chi connectivity index (χ0n) is 8.85. The Labute approximate surface area is 89.8 Å². The number of nitrogens with zero attached hydrogens (tertiary/aromatic N) is 2. The zero-order valence-corrected chi connectivity index (χ0v) is 8.85. The second-order valence-electron chi connectivity index (χ2n) is 3.62. The van der Waals surface area contributed by atoms with Crippen LogP contribution in [0.25, 0.3) is 0 Å². The molecule has 1 aromatic heterocycles. The fourth-order valence-corrected chi connectivity index (χ4v) is 1.49. The minimum Gasteiger partial charge on any atom is -0.340 e. The third kappa shape index (κ3) is 2.92. The number of benzene rings is 1. The highest BCUT2D eigenvalue weighted by Gasteiger charge is 1.95. The van der Waals surface area contributed by atoms with E-state index in [1.807, 2.05) is 30.2 Å². The molecule has 1 heterocycles. The van der Waals surface area contributed by atoms with Gasteiger partial charge < -0.3 is 9.88 Å². The van der Waals surface area contributed by atoms with Gasteiger partial charge in [0.15, 0.2) is 0 Å². The van der Waals surface area contributed by atoms with Crippen molar-refractivity contribution < 1.29 is 0 Å². The highest BCUT2D eigenvalue weighted by Crippen LogP contribution is 1.98. The minimum absolute atomic E-state index is 0.815. The van der Waals surface area contributed by atoms with Crippen LogP contribution in [0.1, 0.15) is 11.3 Å². The first-order valence-electron chi connectivity index (χ1n) is 5.06. The van der Waals surface area contributed by atoms with Crippen molar-refractivity contribution in [3.63, 3.8) is 0 Å². The third-order valence-electron chi connectivity index (χ3n) is 2.24. The van der Waals surface area contributed by atoms with Gasteiger partial charge in [-0.3, -0.25) is 0 Å². The molecule has 0 spiro atoms. The summed E-state index contributed by atoms with van der Waals surface area (Å²) in [6.07, 6.45) is 3.84. The van der Waals surface area contributed by atoms with Gasteiger partial charge in [0, 0.05) is 26.3 Å². The van der Waals surface area contributed by atoms with Crippen molar-refractivity contribution in [2.24, 2.45) is 7.05 Å². The third-order valence-corrected chi connectivity index (χ3v) is 2.24. The lowest BCUT2D eigenvalue weighted by molar-refractivity contribution is 0.682. The molecule has 1 N–H and O–H groups in total. The molecule has 0 saturated carbocycles. The highest BCUT2D eigenvalue weighted by atomic mass is 15.0. The zero-order chi connectivity index (χ0) is 10.5. The predicted molar refractivity (Wildman–Crippen MR) is 60.2 cm³/mol. The number of hydrogen-bond acceptors (Lipinski definition) is 2. The van der Waals surface area contributed by atoms with Crippen molar-refractivity contribution in [3.8, 4) is 0 Å². The van der Waals surface area contributed by atoms with E-state index in [2.05, 4.69) is 34.6 Å². The topological polar surface area (TPSA) is 29.9 Å². The van der Waals surface area contributed by atoms with Crippen LogP contribution in [0.2, 0.25) is 0 Å². The number of rotatable bonds is 4. The van der Waals surface area contributed by atoms with Crippen LogP contribution in [0.5, 0.6) is 0 Å². The quantitative estimate of drug-likeness (QED) is 0.816. The molecule has 0 aliphatic carbocycles. The Balaban J connectivity index is 1.80. The molecule has 0 aliphatic heterocycles. The molecule has 2 aromatic rings. The van der Waals surface area contributed by atoms with Gasteiger partial charge in [-0.15, -0.1) is 0 Å². The summed E-state index contributed by atoms with van der Waals surface area (Å²) < 4.78 is 1.96. The molecule has 1 aromatic carbocycles. The number of imidazole rings is 1. The lowest BCUT2D eigenvalue weighted by atomic mass is 10.2. The summed E-state index contributed by atoms with van der Waals surface area (Å²) >= 11 is 0. The van der Waals surface area contributed by atoms with Crippen LogP contribution in [-0.4, -0.2) is 9.55 Å². The molecule has 0 fully saturated rings. The van der Waals surface area contributed by atoms with Gasteiger partial charge in [-0.05, 0) is 5.56 Å². The van der Waals surface area contributed by atoms with Crippen LogP contribution in [0.4, 0.5) is 0 Å². The van der Waals surface area contributed by atoms with E-state index >= 15 is 0 Å². The Morgan fingerprint density at radius 3 is 2.67 bits per heavy atom. The largest absolute Gasteiger partial charge is 0.340 e. The van der Waals surface area contributed by atoms with E-state index in [1.54, 1.807) is 0 Å². The summed E-state index contributed by atoms with van der Waals surface area (Å²) in [5.41, 5.74) is 2.38. The Bertz CT molecular complexity index is 406. The summed E-state index contributed by atoms with van der Waals surface area (Å²) in [6.45, 7) is 1.70. The SMILES string of the molecule is Cn1cnc(CNCc2ccccc2)c1. The molecule has 0 radical (unpaired) electrons. The van der Waals surface area contributed by atoms with Crippen LogP contribution in [0, 0.1) is 0 Å². The number of aromatic nitrogens is 2. The summed E-state index contributed by atoms with van der Waals surface area (Å²) in [4.78, 5) is 4.25. The maximum absolute atomic E-state index is 4.25. The van der Waals surface area contributed by atoms with Gasteiger partial charge in [0.1, 0.15) is 0 Å². The first-order valence-corrected chi connectivity index (χ1v) is 5.06. The lowest BCUT2D eigenvalue weighted by Gasteiger charge is -2.02. The molecule has 3 nitrogen and oxygen atoms in total. The molecular formula is C12H15N3. The summed E-state index contributed by atoms with van der Waals surface area (Å²) in [5, 5.41) is 3.36. The molecule has 0 aliphatic rings. The number of hydrogen-bond donors (Lipinski definition) is 1. The second kappa shape index (κ2) is 4.75. The molecule has 3 heteroatoms. The Morgan fingerprint density at radius 1 is 1.20 bits per heavy atom. The highest BCUT2D eigenvalue weighted by molar-refractivity contribution is 5.14. The van der Waals surface area contributed by atoms with Crippen molar-refractivity contribution in [1.29, 1.82) is 0 Å². The molecule has 0 amide bonds. The van der Waals surface area contributed by atoms with Gasteiger partial charge >= 0.3 is 0 Å². The fraction of sp³-hybridized carbons (Fsp3) is 0.250. The van der Waals surface area contributed by atoms with Crippen LogP contribution >= 0.6 is 0 Å². The standard InChI is InChI=1S/C12H15N3/c1-15-9-12(14-10-15)8-13-7-11-5-3-2-4-6-11/h2-6,9-10,13H,7-8H2,1H3. The monoisotopic (exact) mass is 201 g/mol. The first-order chi connectivity index (χ1) is 7.34. The molecule has 2 rings (SSSR count). The fourth-order valence-electron chi connectivity index (χ4n) is 1.49. The van der Waals surface area contributed by atoms with E-state index in [1.165, 1.54) is 5.56 Å². The van der Waals surface area contributed by atoms with Crippen LogP contribution in [-0.2, 0) is 20.1 Å². The van der Waals surface area contributed by atoms with E-state index in [9.17, 15) is 0 Å². The average Bonchev–Trinajstić information content (AvgIpc) is 2.66. The first kappa shape index (κ1) is 9.93. The van der Waals surface area contributed by atoms with Crippen LogP contribution < -0.4 is 5.32 Å². The average molecular weight is 201 g/mol. The molecular weight excluding hydrogens is 186 g/mol. The van der Waals surface area contributed by atoms with Gasteiger partial charge in [-0.2, -0.15) is 0 Å². The smallest absolute Gasteiger partial charge is 0.0947 e. The Hall–Kier alpha value is -1.61. The molecule has 0 saturated heterocycles. The van der Waals surface area contributed by atoms with E-state index in [4.69, 9.17) is 0 Å². The summed E-state index contributed by atoms with van der Waals surface area (Å²) in [6, 6.07) is 10.4. The van der Waals surface area contributed by atoms with Crippen molar-refractivity contribution in [2.45, 2.75) is 13.1 Å². The predicted octanol–water partition coefficient (Wildman–Crippen LogP) is 1.71. The normalized spacial score (nSPS) is 10.5. The van der Waals surface area contributed by atoms with Gasteiger partial charge in [-0.25, -0.2) is 4.98 Å². The van der Waals surface area contributed by atoms with E-state index < -0.39 is 0 Å². The minimum atomic E-state index is 0.815. The van der Waals surface area contributed by atoms with E-state index in [0.717, 1.165) is 18.8 Å². The van der Waals surface area contributed by atoms with Gasteiger partial charge in [0.2, 0.25) is 0 Å². The van der Waals surface area contributed by atoms with Crippen LogP contribution in [0.15, 0.2) is 42.9 Å². The maximum atomic E-state index is 4.25. The van der Waals surface area contributed by atoms with Gasteiger partial charge in [0.05, 0.1) is 12.0 Å². The number of nitrogens with one attached hydrogen (secondary N) is 1. The Kier molecular flexibility index (Phi) is 3.15.